The van der Waals surface area contributed by atoms with Crippen LogP contribution in [0.25, 0.3) is 27.3 Å². The lowest BCUT2D eigenvalue weighted by Gasteiger charge is -2.17. The molecule has 1 aromatic carbocycles. The van der Waals surface area contributed by atoms with Crippen molar-refractivity contribution in [2.75, 3.05) is 0 Å². The smallest absolute Gasteiger partial charge is 0.182 e. The fourth-order valence-electron chi connectivity index (χ4n) is 3.92. The number of carboxylic acid groups (broad SMARTS) is 1. The third-order valence-corrected chi connectivity index (χ3v) is 6.46. The number of hydrogen-bond donors (Lipinski definition) is 0. The van der Waals surface area contributed by atoms with E-state index in [0.29, 0.717) is 17.3 Å². The molecule has 4 aromatic rings. The highest BCUT2D eigenvalue weighted by Crippen LogP contribution is 2.39. The Labute approximate surface area is 159 Å². The second-order valence-electron chi connectivity index (χ2n) is 7.19. The van der Waals surface area contributed by atoms with Crippen molar-refractivity contribution in [3.63, 3.8) is 0 Å². The number of rotatable bonds is 2. The predicted octanol–water partition coefficient (Wildman–Crippen LogP) is 2.80. The highest BCUT2D eigenvalue weighted by Gasteiger charge is 2.25. The molecule has 1 aliphatic carbocycles. The van der Waals surface area contributed by atoms with Crippen molar-refractivity contribution in [2.24, 2.45) is 5.92 Å². The van der Waals surface area contributed by atoms with Crippen LogP contribution in [0, 0.1) is 12.8 Å². The quantitative estimate of drug-likeness (QED) is 0.536. The average molecular weight is 377 g/mol. The minimum Gasteiger partial charge on any atom is -0.545 e. The van der Waals surface area contributed by atoms with E-state index in [1.807, 2.05) is 6.92 Å². The lowest BCUT2D eigenvalue weighted by molar-refractivity contribution is -0.254. The van der Waals surface area contributed by atoms with Gasteiger partial charge >= 0.3 is 0 Å². The highest BCUT2D eigenvalue weighted by molar-refractivity contribution is 7.19. The number of carbonyl (C=O) groups excluding carboxylic acids is 1. The zero-order valence-corrected chi connectivity index (χ0v) is 15.8. The van der Waals surface area contributed by atoms with E-state index < -0.39 is 5.97 Å². The number of hydrogen-bond acceptors (Lipinski definition) is 6. The Bertz CT molecular complexity index is 1220. The summed E-state index contributed by atoms with van der Waals surface area (Å²) in [5, 5.41) is 17.1. The lowest BCUT2D eigenvalue weighted by Crippen LogP contribution is -2.23. The second kappa shape index (κ2) is 5.85. The van der Waals surface area contributed by atoms with Crippen LogP contribution in [0.5, 0.6) is 0 Å². The van der Waals surface area contributed by atoms with Crippen molar-refractivity contribution < 1.29 is 9.90 Å². The molecule has 0 unspecified atom stereocenters. The fourth-order valence-corrected chi connectivity index (χ4v) is 5.17. The summed E-state index contributed by atoms with van der Waals surface area (Å²) in [4.78, 5) is 23.4. The molecule has 0 radical (unpaired) electrons. The number of aromatic carboxylic acids is 1. The molecule has 6 nitrogen and oxygen atoms in total. The van der Waals surface area contributed by atoms with Crippen LogP contribution >= 0.6 is 11.3 Å². The number of benzene rings is 1. The molecule has 0 aliphatic heterocycles. The van der Waals surface area contributed by atoms with Gasteiger partial charge in [0.2, 0.25) is 0 Å². The van der Waals surface area contributed by atoms with Gasteiger partial charge in [-0.2, -0.15) is 4.52 Å². The number of carboxylic acids is 1. The topological polar surface area (TPSA) is 83.2 Å². The van der Waals surface area contributed by atoms with Gasteiger partial charge in [-0.05, 0) is 37.7 Å². The summed E-state index contributed by atoms with van der Waals surface area (Å²) < 4.78 is 1.73. The Hall–Kier alpha value is -2.80. The summed E-state index contributed by atoms with van der Waals surface area (Å²) in [6.45, 7) is 4.17. The summed E-state index contributed by atoms with van der Waals surface area (Å²) in [7, 11) is 0. The van der Waals surface area contributed by atoms with Gasteiger partial charge in [-0.25, -0.2) is 9.97 Å². The molecule has 1 atom stereocenters. The Balaban J connectivity index is 1.81. The van der Waals surface area contributed by atoms with Crippen LogP contribution in [0.4, 0.5) is 0 Å². The van der Waals surface area contributed by atoms with E-state index in [9.17, 15) is 9.90 Å². The molecule has 0 fully saturated rings. The minimum absolute atomic E-state index is 0.0937. The van der Waals surface area contributed by atoms with Crippen LogP contribution in [0.2, 0.25) is 0 Å². The van der Waals surface area contributed by atoms with Crippen molar-refractivity contribution in [3.8, 4) is 11.4 Å². The van der Waals surface area contributed by atoms with Gasteiger partial charge in [0.1, 0.15) is 10.7 Å². The van der Waals surface area contributed by atoms with E-state index in [-0.39, 0.29) is 5.56 Å². The first-order chi connectivity index (χ1) is 13.0. The molecular weight excluding hydrogens is 360 g/mol. The normalized spacial score (nSPS) is 16.7. The van der Waals surface area contributed by atoms with Crippen molar-refractivity contribution in [2.45, 2.75) is 33.1 Å². The van der Waals surface area contributed by atoms with Crippen LogP contribution < -0.4 is 5.11 Å². The molecule has 7 heteroatoms. The summed E-state index contributed by atoms with van der Waals surface area (Å²) in [5.74, 6) is 0.536. The Morgan fingerprint density at radius 2 is 2.11 bits per heavy atom. The van der Waals surface area contributed by atoms with Crippen LogP contribution in [0.1, 0.15) is 40.0 Å². The zero-order valence-electron chi connectivity index (χ0n) is 15.0. The first kappa shape index (κ1) is 16.4. The number of aromatic nitrogens is 4. The van der Waals surface area contributed by atoms with Gasteiger partial charge in [0.15, 0.2) is 11.5 Å². The molecule has 0 saturated heterocycles. The zero-order chi connectivity index (χ0) is 18.7. The first-order valence-corrected chi connectivity index (χ1v) is 9.83. The van der Waals surface area contributed by atoms with E-state index in [4.69, 9.17) is 9.97 Å². The van der Waals surface area contributed by atoms with Crippen LogP contribution in [-0.2, 0) is 12.8 Å². The molecule has 1 aliphatic rings. The van der Waals surface area contributed by atoms with Gasteiger partial charge in [-0.1, -0.05) is 31.2 Å². The van der Waals surface area contributed by atoms with Crippen molar-refractivity contribution in [3.05, 3.63) is 46.1 Å². The maximum atomic E-state index is 11.5. The van der Waals surface area contributed by atoms with Crippen LogP contribution in [0.15, 0.2) is 24.3 Å². The van der Waals surface area contributed by atoms with Crippen LogP contribution in [-0.4, -0.2) is 25.6 Å². The summed E-state index contributed by atoms with van der Waals surface area (Å²) in [5.41, 5.74) is 2.65. The maximum Gasteiger partial charge on any atom is 0.182 e. The van der Waals surface area contributed by atoms with E-state index in [1.54, 1.807) is 34.1 Å². The molecule has 0 amide bonds. The Morgan fingerprint density at radius 3 is 2.93 bits per heavy atom. The van der Waals surface area contributed by atoms with Gasteiger partial charge in [0.25, 0.3) is 0 Å². The van der Waals surface area contributed by atoms with E-state index in [2.05, 4.69) is 12.0 Å². The summed E-state index contributed by atoms with van der Waals surface area (Å²) in [6, 6.07) is 6.69. The lowest BCUT2D eigenvalue weighted by atomic mass is 9.89. The molecule has 3 heterocycles. The fraction of sp³-hybridized carbons (Fsp3) is 0.300. The molecule has 27 heavy (non-hydrogen) atoms. The molecule has 0 saturated carbocycles. The first-order valence-electron chi connectivity index (χ1n) is 9.01. The number of aryl methyl sites for hydroxylation is 2. The largest absolute Gasteiger partial charge is 0.545 e. The summed E-state index contributed by atoms with van der Waals surface area (Å²) >= 11 is 1.75. The number of fused-ring (bicyclic) bond motifs is 5. The molecule has 5 rings (SSSR count). The van der Waals surface area contributed by atoms with E-state index in [0.717, 1.165) is 34.5 Å². The molecule has 0 bridgehead atoms. The van der Waals surface area contributed by atoms with E-state index in [1.165, 1.54) is 22.9 Å². The number of nitrogens with zero attached hydrogens (tertiary/aromatic N) is 4. The molecule has 0 spiro atoms. The molecular formula is C20H17N4O2S-. The van der Waals surface area contributed by atoms with Crippen molar-refractivity contribution in [1.82, 2.24) is 19.6 Å². The standard InChI is InChI=1S/C20H18N4O2S/c1-10-7-8-15-14(9-10)16-18-22-17(12-5-3-4-6-13(12)20(25)26)23-24(18)11(2)21-19(16)27-15/h3-6,10H,7-9H2,1-2H3,(H,25,26)/p-1/t10-/m1/s1. The van der Waals surface area contributed by atoms with Gasteiger partial charge in [-0.15, -0.1) is 16.4 Å². The van der Waals surface area contributed by atoms with Gasteiger partial charge in [0.05, 0.1) is 11.4 Å². The molecule has 0 N–H and O–H groups in total. The molecule has 3 aromatic heterocycles. The number of thiophene rings is 1. The van der Waals surface area contributed by atoms with Gasteiger partial charge < -0.3 is 9.90 Å². The predicted molar refractivity (Wildman–Crippen MR) is 102 cm³/mol. The van der Waals surface area contributed by atoms with E-state index >= 15 is 0 Å². The van der Waals surface area contributed by atoms with Crippen molar-refractivity contribution in [1.29, 1.82) is 0 Å². The third-order valence-electron chi connectivity index (χ3n) is 5.28. The number of carbonyl (C=O) groups is 1. The average Bonchev–Trinajstić information content (AvgIpc) is 3.23. The van der Waals surface area contributed by atoms with Crippen LogP contribution in [0.3, 0.4) is 0 Å². The maximum absolute atomic E-state index is 11.5. The Morgan fingerprint density at radius 1 is 1.30 bits per heavy atom. The second-order valence-corrected chi connectivity index (χ2v) is 8.28. The van der Waals surface area contributed by atoms with Crippen molar-refractivity contribution >= 4 is 33.2 Å². The SMILES string of the molecule is Cc1nc2sc3c(c2c2nc(-c4ccccc4C(=O)[O-])nn12)C[C@H](C)CC3. The third kappa shape index (κ3) is 2.45. The van der Waals surface area contributed by atoms with Gasteiger partial charge in [-0.3, -0.25) is 0 Å². The highest BCUT2D eigenvalue weighted by atomic mass is 32.1. The molecule has 136 valence electrons. The van der Waals surface area contributed by atoms with Gasteiger partial charge in [0, 0.05) is 16.0 Å². The monoisotopic (exact) mass is 377 g/mol. The summed E-state index contributed by atoms with van der Waals surface area (Å²) in [6.07, 6.45) is 3.30. The minimum atomic E-state index is -1.23. The Kier molecular flexibility index (Phi) is 3.55.